The van der Waals surface area contributed by atoms with E-state index in [-0.39, 0.29) is 18.3 Å². The molecule has 0 aliphatic heterocycles. The molecule has 10 N–H and O–H groups in total. The molecule has 0 aromatic rings. The van der Waals surface area contributed by atoms with E-state index >= 15 is 0 Å². The monoisotopic (exact) mass is 486 g/mol. The molecule has 0 aliphatic carbocycles. The van der Waals surface area contributed by atoms with E-state index in [9.17, 15) is 29.1 Å². The van der Waals surface area contributed by atoms with Crippen LogP contribution in [0.25, 0.3) is 0 Å². The van der Waals surface area contributed by atoms with Gasteiger partial charge in [0.25, 0.3) is 0 Å². The third-order valence-electron chi connectivity index (χ3n) is 5.95. The van der Waals surface area contributed by atoms with Crippen LogP contribution in [0.15, 0.2) is 0 Å². The number of primary amides is 1. The lowest BCUT2D eigenvalue weighted by Gasteiger charge is -2.27. The highest BCUT2D eigenvalue weighted by molar-refractivity contribution is 5.96. The molecule has 0 rings (SSSR count). The third kappa shape index (κ3) is 10.9. The van der Waals surface area contributed by atoms with Gasteiger partial charge in [-0.3, -0.25) is 19.2 Å². The second-order valence-corrected chi connectivity index (χ2v) is 8.70. The Hall–Kier alpha value is -2.73. The predicted octanol–water partition coefficient (Wildman–Crippen LogP) is -1.05. The minimum absolute atomic E-state index is 0.166. The fourth-order valence-corrected chi connectivity index (χ4v) is 3.16. The maximum Gasteiger partial charge on any atom is 0.326 e. The van der Waals surface area contributed by atoms with Gasteiger partial charge in [0.2, 0.25) is 23.6 Å². The minimum atomic E-state index is -1.34. The Morgan fingerprint density at radius 1 is 0.824 bits per heavy atom. The first kappa shape index (κ1) is 31.3. The van der Waals surface area contributed by atoms with Gasteiger partial charge in [0.15, 0.2) is 0 Å². The van der Waals surface area contributed by atoms with Crippen molar-refractivity contribution in [3.8, 4) is 0 Å². The van der Waals surface area contributed by atoms with Crippen LogP contribution in [0.3, 0.4) is 0 Å². The lowest BCUT2D eigenvalue weighted by atomic mass is 9.98. The standard InChI is InChI=1S/C22H42N6O6/c1-5-12(3)17(25)21(32)27-15(11-16(24)29)20(31)26-14(9-7-8-10-23)19(30)28-18(22(33)34)13(4)6-2/h12-15,17-18H,5-11,23,25H2,1-4H3,(H2,24,29)(H,26,31)(H,27,32)(H,28,30)(H,33,34). The molecule has 12 nitrogen and oxygen atoms in total. The zero-order valence-electron chi connectivity index (χ0n) is 20.6. The summed E-state index contributed by atoms with van der Waals surface area (Å²) in [7, 11) is 0. The maximum absolute atomic E-state index is 12.9. The molecule has 0 aromatic heterocycles. The highest BCUT2D eigenvalue weighted by Gasteiger charge is 2.32. The molecular weight excluding hydrogens is 444 g/mol. The van der Waals surface area contributed by atoms with Crippen molar-refractivity contribution in [2.24, 2.45) is 29.0 Å². The van der Waals surface area contributed by atoms with Gasteiger partial charge in [0.1, 0.15) is 18.1 Å². The van der Waals surface area contributed by atoms with Crippen molar-refractivity contribution in [3.05, 3.63) is 0 Å². The summed E-state index contributed by atoms with van der Waals surface area (Å²) in [5, 5.41) is 16.9. The molecule has 12 heteroatoms. The predicted molar refractivity (Wildman–Crippen MR) is 127 cm³/mol. The van der Waals surface area contributed by atoms with Crippen LogP contribution < -0.4 is 33.2 Å². The number of unbranched alkanes of at least 4 members (excludes halogenated alkanes) is 1. The van der Waals surface area contributed by atoms with Gasteiger partial charge in [0.05, 0.1) is 12.5 Å². The van der Waals surface area contributed by atoms with Crippen molar-refractivity contribution in [1.29, 1.82) is 0 Å². The summed E-state index contributed by atoms with van der Waals surface area (Å²) in [5.74, 6) is -4.63. The number of rotatable bonds is 17. The Morgan fingerprint density at radius 2 is 1.35 bits per heavy atom. The van der Waals surface area contributed by atoms with E-state index in [0.29, 0.717) is 32.2 Å². The zero-order valence-corrected chi connectivity index (χ0v) is 20.6. The molecular formula is C22H42N6O6. The molecule has 34 heavy (non-hydrogen) atoms. The summed E-state index contributed by atoms with van der Waals surface area (Å²) in [6.07, 6.45) is 1.91. The normalized spacial score (nSPS) is 16.3. The van der Waals surface area contributed by atoms with E-state index in [1.165, 1.54) is 0 Å². The average molecular weight is 487 g/mol. The maximum atomic E-state index is 12.9. The van der Waals surface area contributed by atoms with Gasteiger partial charge in [-0.05, 0) is 37.6 Å². The number of carbonyl (C=O) groups is 5. The molecule has 6 atom stereocenters. The van der Waals surface area contributed by atoms with E-state index in [2.05, 4.69) is 16.0 Å². The summed E-state index contributed by atoms with van der Waals surface area (Å²) >= 11 is 0. The second-order valence-electron chi connectivity index (χ2n) is 8.70. The number of carboxylic acids is 1. The third-order valence-corrected chi connectivity index (χ3v) is 5.95. The molecule has 0 aromatic carbocycles. The molecule has 6 unspecified atom stereocenters. The topological polar surface area (TPSA) is 220 Å². The molecule has 0 radical (unpaired) electrons. The van der Waals surface area contributed by atoms with Crippen molar-refractivity contribution in [2.45, 2.75) is 90.4 Å². The van der Waals surface area contributed by atoms with Crippen LogP contribution in [-0.4, -0.2) is 65.4 Å². The Labute approximate surface area is 201 Å². The molecule has 0 saturated carbocycles. The van der Waals surface area contributed by atoms with Crippen molar-refractivity contribution < 1.29 is 29.1 Å². The van der Waals surface area contributed by atoms with E-state index < -0.39 is 60.2 Å². The summed E-state index contributed by atoms with van der Waals surface area (Å²) in [6, 6.07) is -4.47. The summed E-state index contributed by atoms with van der Waals surface area (Å²) in [5.41, 5.74) is 16.7. The van der Waals surface area contributed by atoms with Crippen molar-refractivity contribution in [2.75, 3.05) is 6.54 Å². The Kier molecular flexibility index (Phi) is 14.7. The quantitative estimate of drug-likeness (QED) is 0.125. The Balaban J connectivity index is 5.61. The Morgan fingerprint density at radius 3 is 1.82 bits per heavy atom. The van der Waals surface area contributed by atoms with Gasteiger partial charge in [0, 0.05) is 0 Å². The number of amides is 4. The largest absolute Gasteiger partial charge is 0.480 e. The Bertz CT molecular complexity index is 703. The number of nitrogens with two attached hydrogens (primary N) is 3. The number of hydrogen-bond donors (Lipinski definition) is 7. The second kappa shape index (κ2) is 16.0. The highest BCUT2D eigenvalue weighted by Crippen LogP contribution is 2.10. The highest BCUT2D eigenvalue weighted by atomic mass is 16.4. The molecule has 0 aliphatic rings. The van der Waals surface area contributed by atoms with Gasteiger partial charge in [-0.1, -0.05) is 40.5 Å². The van der Waals surface area contributed by atoms with Crippen LogP contribution >= 0.6 is 0 Å². The molecule has 196 valence electrons. The summed E-state index contributed by atoms with van der Waals surface area (Å²) in [4.78, 5) is 61.4. The minimum Gasteiger partial charge on any atom is -0.480 e. The van der Waals surface area contributed by atoms with Crippen LogP contribution in [0, 0.1) is 11.8 Å². The number of carboxylic acid groups (broad SMARTS) is 1. The number of hydrogen-bond acceptors (Lipinski definition) is 7. The van der Waals surface area contributed by atoms with Gasteiger partial charge < -0.3 is 38.3 Å². The fraction of sp³-hybridized carbons (Fsp3) is 0.773. The van der Waals surface area contributed by atoms with E-state index in [4.69, 9.17) is 17.2 Å². The van der Waals surface area contributed by atoms with Crippen molar-refractivity contribution in [1.82, 2.24) is 16.0 Å². The van der Waals surface area contributed by atoms with Crippen molar-refractivity contribution in [3.63, 3.8) is 0 Å². The summed E-state index contributed by atoms with van der Waals surface area (Å²) in [6.45, 7) is 7.51. The van der Waals surface area contributed by atoms with Gasteiger partial charge in [-0.25, -0.2) is 4.79 Å². The number of carbonyl (C=O) groups excluding carboxylic acids is 4. The van der Waals surface area contributed by atoms with Crippen LogP contribution in [-0.2, 0) is 24.0 Å². The lowest BCUT2D eigenvalue weighted by Crippen LogP contribution is -2.58. The molecule has 0 saturated heterocycles. The summed E-state index contributed by atoms with van der Waals surface area (Å²) < 4.78 is 0. The molecule has 4 amide bonds. The van der Waals surface area contributed by atoms with Gasteiger partial charge in [-0.2, -0.15) is 0 Å². The number of aliphatic carboxylic acids is 1. The smallest absolute Gasteiger partial charge is 0.326 e. The van der Waals surface area contributed by atoms with Crippen LogP contribution in [0.4, 0.5) is 0 Å². The first-order valence-electron chi connectivity index (χ1n) is 11.8. The van der Waals surface area contributed by atoms with Crippen LogP contribution in [0.2, 0.25) is 0 Å². The van der Waals surface area contributed by atoms with Crippen LogP contribution in [0.5, 0.6) is 0 Å². The molecule has 0 heterocycles. The fourth-order valence-electron chi connectivity index (χ4n) is 3.16. The molecule has 0 bridgehead atoms. The van der Waals surface area contributed by atoms with E-state index in [0.717, 1.165) is 0 Å². The van der Waals surface area contributed by atoms with Gasteiger partial charge >= 0.3 is 5.97 Å². The molecule has 0 spiro atoms. The zero-order chi connectivity index (χ0) is 26.4. The van der Waals surface area contributed by atoms with Crippen molar-refractivity contribution >= 4 is 29.6 Å². The average Bonchev–Trinajstić information content (AvgIpc) is 2.78. The van der Waals surface area contributed by atoms with Crippen LogP contribution in [0.1, 0.15) is 66.2 Å². The number of nitrogens with one attached hydrogen (secondary N) is 3. The van der Waals surface area contributed by atoms with E-state index in [1.54, 1.807) is 20.8 Å². The molecule has 0 fully saturated rings. The first-order valence-corrected chi connectivity index (χ1v) is 11.8. The lowest BCUT2D eigenvalue weighted by molar-refractivity contribution is -0.144. The van der Waals surface area contributed by atoms with Gasteiger partial charge in [-0.15, -0.1) is 0 Å². The SMILES string of the molecule is CCC(C)C(N)C(=O)NC(CC(N)=O)C(=O)NC(CCCCN)C(=O)NC(C(=O)O)C(C)CC. The van der Waals surface area contributed by atoms with E-state index in [1.807, 2.05) is 6.92 Å². The first-order chi connectivity index (χ1) is 15.9.